The first-order chi connectivity index (χ1) is 8.24. The molecule has 0 aromatic carbocycles. The monoisotopic (exact) mass is 280 g/mol. The fourth-order valence-corrected chi connectivity index (χ4v) is 2.03. The lowest BCUT2D eigenvalue weighted by molar-refractivity contribution is -0.124. The van der Waals surface area contributed by atoms with E-state index in [0.29, 0.717) is 26.4 Å². The van der Waals surface area contributed by atoms with Gasteiger partial charge in [0, 0.05) is 32.2 Å². The summed E-state index contributed by atoms with van der Waals surface area (Å²) in [6.07, 6.45) is 3.57. The summed E-state index contributed by atoms with van der Waals surface area (Å²) in [5, 5.41) is 2.93. The number of amides is 1. The normalized spacial score (nSPS) is 22.6. The lowest BCUT2D eigenvalue weighted by Gasteiger charge is -2.10. The van der Waals surface area contributed by atoms with Crippen LogP contribution in [0.15, 0.2) is 0 Å². The van der Waals surface area contributed by atoms with Gasteiger partial charge in [-0.15, -0.1) is 12.4 Å². The van der Waals surface area contributed by atoms with E-state index in [2.05, 4.69) is 5.32 Å². The molecule has 2 atom stereocenters. The van der Waals surface area contributed by atoms with Crippen LogP contribution in [-0.2, 0) is 14.3 Å². The van der Waals surface area contributed by atoms with Crippen LogP contribution in [-0.4, -0.2) is 45.4 Å². The molecule has 1 aliphatic rings. The summed E-state index contributed by atoms with van der Waals surface area (Å²) in [6.45, 7) is 2.57. The molecule has 0 aromatic rings. The Morgan fingerprint density at radius 1 is 1.33 bits per heavy atom. The van der Waals surface area contributed by atoms with E-state index in [1.165, 1.54) is 0 Å². The van der Waals surface area contributed by atoms with Crippen LogP contribution < -0.4 is 11.1 Å². The highest BCUT2D eigenvalue weighted by atomic mass is 35.5. The third-order valence-electron chi connectivity index (χ3n) is 3.04. The highest BCUT2D eigenvalue weighted by Crippen LogP contribution is 2.23. The van der Waals surface area contributed by atoms with Crippen LogP contribution in [0.25, 0.3) is 0 Å². The minimum atomic E-state index is 0. The molecule has 0 saturated heterocycles. The number of nitrogens with two attached hydrogens (primary N) is 1. The summed E-state index contributed by atoms with van der Waals surface area (Å²) < 4.78 is 10.2. The Labute approximate surface area is 115 Å². The molecule has 3 N–H and O–H groups in total. The van der Waals surface area contributed by atoms with Gasteiger partial charge >= 0.3 is 0 Å². The second-order valence-corrected chi connectivity index (χ2v) is 4.52. The minimum Gasteiger partial charge on any atom is -0.382 e. The fourth-order valence-electron chi connectivity index (χ4n) is 2.03. The van der Waals surface area contributed by atoms with Crippen molar-refractivity contribution in [3.63, 3.8) is 0 Å². The first-order valence-corrected chi connectivity index (χ1v) is 6.34. The average molecular weight is 281 g/mol. The van der Waals surface area contributed by atoms with E-state index in [-0.39, 0.29) is 30.3 Å². The maximum atomic E-state index is 11.7. The van der Waals surface area contributed by atoms with Gasteiger partial charge in [0.1, 0.15) is 0 Å². The Hall–Kier alpha value is -0.360. The van der Waals surface area contributed by atoms with Crippen molar-refractivity contribution in [3.8, 4) is 0 Å². The quantitative estimate of drug-likeness (QED) is 0.642. The summed E-state index contributed by atoms with van der Waals surface area (Å²) in [6, 6.07) is 0.211. The van der Waals surface area contributed by atoms with E-state index in [0.717, 1.165) is 25.7 Å². The van der Waals surface area contributed by atoms with Crippen LogP contribution in [0.4, 0.5) is 0 Å². The number of hydrogen-bond donors (Lipinski definition) is 2. The zero-order valence-electron chi connectivity index (χ0n) is 11.0. The number of methoxy groups -OCH3 is 1. The highest BCUT2D eigenvalue weighted by molar-refractivity contribution is 5.85. The third-order valence-corrected chi connectivity index (χ3v) is 3.04. The van der Waals surface area contributed by atoms with Gasteiger partial charge in [-0.2, -0.15) is 0 Å². The zero-order valence-corrected chi connectivity index (χ0v) is 11.8. The Morgan fingerprint density at radius 3 is 2.72 bits per heavy atom. The van der Waals surface area contributed by atoms with Crippen LogP contribution in [0.3, 0.4) is 0 Å². The van der Waals surface area contributed by atoms with Crippen LogP contribution >= 0.6 is 12.4 Å². The van der Waals surface area contributed by atoms with Crippen molar-refractivity contribution in [2.24, 2.45) is 11.7 Å². The maximum Gasteiger partial charge on any atom is 0.223 e. The van der Waals surface area contributed by atoms with Gasteiger partial charge in [-0.1, -0.05) is 0 Å². The van der Waals surface area contributed by atoms with E-state index in [9.17, 15) is 4.79 Å². The Morgan fingerprint density at radius 2 is 2.11 bits per heavy atom. The lowest BCUT2D eigenvalue weighted by Crippen LogP contribution is -2.31. The fraction of sp³-hybridized carbons (Fsp3) is 0.917. The molecule has 6 heteroatoms. The first kappa shape index (κ1) is 17.6. The molecule has 1 fully saturated rings. The molecule has 0 aromatic heterocycles. The van der Waals surface area contributed by atoms with Crippen LogP contribution in [0.2, 0.25) is 0 Å². The van der Waals surface area contributed by atoms with Gasteiger partial charge in [0.2, 0.25) is 5.91 Å². The van der Waals surface area contributed by atoms with Gasteiger partial charge < -0.3 is 20.5 Å². The molecular formula is C12H25ClN2O3. The van der Waals surface area contributed by atoms with Crippen molar-refractivity contribution in [1.82, 2.24) is 5.32 Å². The van der Waals surface area contributed by atoms with Gasteiger partial charge in [0.25, 0.3) is 0 Å². The lowest BCUT2D eigenvalue weighted by atomic mass is 10.1. The number of hydrogen-bond acceptors (Lipinski definition) is 4. The molecule has 1 amide bonds. The van der Waals surface area contributed by atoms with Crippen LogP contribution in [0, 0.1) is 5.92 Å². The standard InChI is InChI=1S/C12H24N2O3.ClH/c1-16-7-8-17-6-2-5-14-12(15)10-3-4-11(13)9-10;/h10-11H,2-9,13H2,1H3,(H,14,15);1H. The molecular weight excluding hydrogens is 256 g/mol. The largest absolute Gasteiger partial charge is 0.382 e. The van der Waals surface area contributed by atoms with Crippen molar-refractivity contribution < 1.29 is 14.3 Å². The number of nitrogens with one attached hydrogen (secondary N) is 1. The molecule has 0 radical (unpaired) electrons. The second-order valence-electron chi connectivity index (χ2n) is 4.52. The number of ether oxygens (including phenoxy) is 2. The summed E-state index contributed by atoms with van der Waals surface area (Å²) in [5.41, 5.74) is 5.77. The predicted octanol–water partition coefficient (Wildman–Crippen LogP) is 0.705. The molecule has 0 bridgehead atoms. The summed E-state index contributed by atoms with van der Waals surface area (Å²) in [7, 11) is 1.65. The molecule has 1 rings (SSSR count). The Kier molecular flexibility index (Phi) is 10.3. The van der Waals surface area contributed by atoms with Gasteiger partial charge in [0.15, 0.2) is 0 Å². The van der Waals surface area contributed by atoms with Crippen molar-refractivity contribution in [1.29, 1.82) is 0 Å². The molecule has 108 valence electrons. The molecule has 1 aliphatic carbocycles. The van der Waals surface area contributed by atoms with Crippen molar-refractivity contribution in [2.75, 3.05) is 33.5 Å². The van der Waals surface area contributed by atoms with Crippen LogP contribution in [0.5, 0.6) is 0 Å². The van der Waals surface area contributed by atoms with Crippen LogP contribution in [0.1, 0.15) is 25.7 Å². The van der Waals surface area contributed by atoms with Crippen molar-refractivity contribution in [3.05, 3.63) is 0 Å². The number of carbonyl (C=O) groups is 1. The molecule has 0 aliphatic heterocycles. The summed E-state index contributed by atoms with van der Waals surface area (Å²) in [4.78, 5) is 11.7. The van der Waals surface area contributed by atoms with Gasteiger partial charge in [-0.25, -0.2) is 0 Å². The summed E-state index contributed by atoms with van der Waals surface area (Å²) in [5.74, 6) is 0.272. The minimum absolute atomic E-state index is 0. The molecule has 2 unspecified atom stereocenters. The van der Waals surface area contributed by atoms with E-state index in [1.54, 1.807) is 7.11 Å². The number of halogens is 1. The average Bonchev–Trinajstić information content (AvgIpc) is 2.74. The molecule has 0 spiro atoms. The molecule has 5 nitrogen and oxygen atoms in total. The van der Waals surface area contributed by atoms with E-state index in [4.69, 9.17) is 15.2 Å². The topological polar surface area (TPSA) is 73.6 Å². The van der Waals surface area contributed by atoms with Crippen molar-refractivity contribution in [2.45, 2.75) is 31.7 Å². The van der Waals surface area contributed by atoms with Gasteiger partial charge in [-0.05, 0) is 25.7 Å². The van der Waals surface area contributed by atoms with E-state index >= 15 is 0 Å². The highest BCUT2D eigenvalue weighted by Gasteiger charge is 2.27. The SMILES string of the molecule is COCCOCCCNC(=O)C1CCC(N)C1.Cl. The Bertz CT molecular complexity index is 229. The van der Waals surface area contributed by atoms with E-state index < -0.39 is 0 Å². The van der Waals surface area contributed by atoms with E-state index in [1.807, 2.05) is 0 Å². The third kappa shape index (κ3) is 7.16. The molecule has 0 heterocycles. The zero-order chi connectivity index (χ0) is 12.5. The molecule has 18 heavy (non-hydrogen) atoms. The predicted molar refractivity (Wildman–Crippen MR) is 72.9 cm³/mol. The Balaban J connectivity index is 0.00000289. The second kappa shape index (κ2) is 10.6. The maximum absolute atomic E-state index is 11.7. The van der Waals surface area contributed by atoms with Gasteiger partial charge in [-0.3, -0.25) is 4.79 Å². The number of carbonyl (C=O) groups excluding carboxylic acids is 1. The summed E-state index contributed by atoms with van der Waals surface area (Å²) >= 11 is 0. The first-order valence-electron chi connectivity index (χ1n) is 6.34. The number of rotatable bonds is 8. The smallest absolute Gasteiger partial charge is 0.223 e. The van der Waals surface area contributed by atoms with Gasteiger partial charge in [0.05, 0.1) is 13.2 Å². The molecule has 1 saturated carbocycles. The van der Waals surface area contributed by atoms with Crippen molar-refractivity contribution >= 4 is 18.3 Å².